The second kappa shape index (κ2) is 9.82. The zero-order valence-corrected chi connectivity index (χ0v) is 21.5. The largest absolute Gasteiger partial charge is 0.493 e. The molecule has 0 radical (unpaired) electrons. The van der Waals surface area contributed by atoms with E-state index in [9.17, 15) is 10.1 Å². The number of nitro groups is 1. The van der Waals surface area contributed by atoms with E-state index in [-0.39, 0.29) is 15.2 Å². The van der Waals surface area contributed by atoms with E-state index in [2.05, 4.69) is 30.7 Å². The smallest absolute Gasteiger partial charge is 0.311 e. The number of ether oxygens (including phenoxy) is 2. The second-order valence-corrected chi connectivity index (χ2v) is 14.1. The Bertz CT molecular complexity index is 1140. The standard InChI is InChI=1S/C24H33N4O4PS/c1-27-20-15-18(31-12-4-10-25)6-7-22(20)33(2,3)24(27)9-8-17-14-19(28(29)30)21(16-23(17)34-24)32-13-5-11-26/h6-7,14-16H,2,4-5,8-13,25-26H2,1,3H3. The maximum atomic E-state index is 11.7. The Labute approximate surface area is 205 Å². The molecule has 0 aromatic heterocycles. The number of fused-ring (bicyclic) bond motifs is 2. The van der Waals surface area contributed by atoms with Crippen molar-refractivity contribution in [3.63, 3.8) is 0 Å². The van der Waals surface area contributed by atoms with Gasteiger partial charge in [-0.3, -0.25) is 10.1 Å². The molecule has 10 heteroatoms. The minimum absolute atomic E-state index is 0.0156. The van der Waals surface area contributed by atoms with Crippen LogP contribution < -0.4 is 31.1 Å². The van der Waals surface area contributed by atoms with Gasteiger partial charge >= 0.3 is 5.69 Å². The van der Waals surface area contributed by atoms with Crippen LogP contribution in [0.4, 0.5) is 11.4 Å². The van der Waals surface area contributed by atoms with Crippen LogP contribution in [0.25, 0.3) is 0 Å². The Balaban J connectivity index is 1.69. The first-order valence-electron chi connectivity index (χ1n) is 11.5. The minimum atomic E-state index is -1.85. The molecule has 4 N–H and O–H groups in total. The Kier molecular flexibility index (Phi) is 7.20. The number of hydrogen-bond acceptors (Lipinski definition) is 8. The van der Waals surface area contributed by atoms with E-state index in [1.165, 1.54) is 5.30 Å². The van der Waals surface area contributed by atoms with Crippen LogP contribution in [0.2, 0.25) is 0 Å². The molecule has 184 valence electrons. The number of nitrogens with zero attached hydrogens (tertiary/aromatic N) is 2. The average Bonchev–Trinajstić information content (AvgIpc) is 2.96. The summed E-state index contributed by atoms with van der Waals surface area (Å²) in [6.07, 6.45) is 7.84. The highest BCUT2D eigenvalue weighted by Crippen LogP contribution is 2.71. The number of rotatable bonds is 9. The molecule has 2 aliphatic rings. The molecule has 1 spiro atoms. The number of thioether (sulfide) groups is 1. The van der Waals surface area contributed by atoms with E-state index < -0.39 is 6.89 Å². The third-order valence-electron chi connectivity index (χ3n) is 6.69. The minimum Gasteiger partial charge on any atom is -0.493 e. The average molecular weight is 505 g/mol. The van der Waals surface area contributed by atoms with E-state index in [1.807, 2.05) is 12.1 Å². The molecule has 0 fully saturated rings. The zero-order valence-electron chi connectivity index (χ0n) is 19.8. The molecule has 2 aliphatic heterocycles. The molecule has 0 saturated carbocycles. The van der Waals surface area contributed by atoms with Crippen molar-refractivity contribution in [1.29, 1.82) is 0 Å². The van der Waals surface area contributed by atoms with Gasteiger partial charge in [0, 0.05) is 41.1 Å². The van der Waals surface area contributed by atoms with Crippen molar-refractivity contribution in [2.75, 3.05) is 44.9 Å². The Morgan fingerprint density at radius 2 is 1.91 bits per heavy atom. The summed E-state index contributed by atoms with van der Waals surface area (Å²) < 4.78 is 11.5. The number of hydrogen-bond donors (Lipinski definition) is 2. The van der Waals surface area contributed by atoms with Gasteiger partial charge in [-0.1, -0.05) is 18.1 Å². The van der Waals surface area contributed by atoms with Crippen molar-refractivity contribution in [2.45, 2.75) is 35.2 Å². The predicted molar refractivity (Wildman–Crippen MR) is 143 cm³/mol. The normalized spacial score (nSPS) is 23.0. The molecular weight excluding hydrogens is 471 g/mol. The van der Waals surface area contributed by atoms with Gasteiger partial charge < -0.3 is 25.8 Å². The summed E-state index contributed by atoms with van der Waals surface area (Å²) in [5.41, 5.74) is 13.3. The highest BCUT2D eigenvalue weighted by Gasteiger charge is 2.53. The molecule has 8 nitrogen and oxygen atoms in total. The lowest BCUT2D eigenvalue weighted by molar-refractivity contribution is -0.386. The van der Waals surface area contributed by atoms with E-state index in [0.29, 0.717) is 38.5 Å². The molecule has 0 amide bonds. The highest BCUT2D eigenvalue weighted by molar-refractivity contribution is 8.11. The van der Waals surface area contributed by atoms with Crippen LogP contribution in [0.15, 0.2) is 35.2 Å². The molecule has 0 aliphatic carbocycles. The van der Waals surface area contributed by atoms with Crippen LogP contribution in [0.5, 0.6) is 11.5 Å². The first-order valence-corrected chi connectivity index (χ1v) is 14.7. The molecule has 4 rings (SSSR count). The Morgan fingerprint density at radius 1 is 1.21 bits per heavy atom. The Morgan fingerprint density at radius 3 is 2.59 bits per heavy atom. The number of benzene rings is 2. The van der Waals surface area contributed by atoms with E-state index in [4.69, 9.17) is 27.2 Å². The van der Waals surface area contributed by atoms with Gasteiger partial charge in [0.15, 0.2) is 5.75 Å². The van der Waals surface area contributed by atoms with Crippen LogP contribution in [0.1, 0.15) is 24.8 Å². The highest BCUT2D eigenvalue weighted by atomic mass is 32.2. The SMILES string of the molecule is C=P1(C)c2ccc(OCCCN)cc2N(C)C12CCc1cc([N+](=O)[O-])c(OCCCN)cc1S2. The monoisotopic (exact) mass is 504 g/mol. The van der Waals surface area contributed by atoms with Crippen molar-refractivity contribution in [2.24, 2.45) is 11.5 Å². The Hall–Kier alpha value is -2.19. The van der Waals surface area contributed by atoms with E-state index >= 15 is 0 Å². The van der Waals surface area contributed by atoms with Gasteiger partial charge in [0.25, 0.3) is 0 Å². The molecule has 34 heavy (non-hydrogen) atoms. The maximum Gasteiger partial charge on any atom is 0.311 e. The van der Waals surface area contributed by atoms with Crippen molar-refractivity contribution < 1.29 is 14.4 Å². The molecule has 2 unspecified atom stereocenters. The lowest BCUT2D eigenvalue weighted by atomic mass is 10.1. The summed E-state index contributed by atoms with van der Waals surface area (Å²) in [4.78, 5) is 14.7. The van der Waals surface area contributed by atoms with Crippen molar-refractivity contribution in [3.05, 3.63) is 46.0 Å². The number of nitro benzene ring substituents is 1. The lowest BCUT2D eigenvalue weighted by Gasteiger charge is -2.46. The summed E-state index contributed by atoms with van der Waals surface area (Å²) in [6, 6.07) is 9.81. The van der Waals surface area contributed by atoms with Gasteiger partial charge in [0.1, 0.15) is 10.4 Å². The van der Waals surface area contributed by atoms with Crippen LogP contribution in [-0.4, -0.2) is 55.9 Å². The van der Waals surface area contributed by atoms with Gasteiger partial charge in [0.2, 0.25) is 0 Å². The predicted octanol–water partition coefficient (Wildman–Crippen LogP) is 3.60. The van der Waals surface area contributed by atoms with E-state index in [0.717, 1.165) is 41.2 Å². The third kappa shape index (κ3) is 4.19. The van der Waals surface area contributed by atoms with Gasteiger partial charge in [-0.15, -0.1) is 0 Å². The molecule has 2 atom stereocenters. The fourth-order valence-electron chi connectivity index (χ4n) is 4.78. The fourth-order valence-corrected chi connectivity index (χ4v) is 10.3. The van der Waals surface area contributed by atoms with E-state index in [1.54, 1.807) is 17.8 Å². The van der Waals surface area contributed by atoms with Crippen LogP contribution in [-0.2, 0) is 6.42 Å². The summed E-state index contributed by atoms with van der Waals surface area (Å²) in [5.74, 6) is 1.14. The second-order valence-electron chi connectivity index (χ2n) is 8.91. The molecule has 0 bridgehead atoms. The summed E-state index contributed by atoms with van der Waals surface area (Å²) >= 11 is 1.77. The lowest BCUT2D eigenvalue weighted by Crippen LogP contribution is -2.41. The van der Waals surface area contributed by atoms with Gasteiger partial charge in [-0.05, 0) is 70.0 Å². The number of aryl methyl sites for hydroxylation is 1. The maximum absolute atomic E-state index is 11.7. The van der Waals surface area contributed by atoms with Crippen molar-refractivity contribution in [1.82, 2.24) is 0 Å². The van der Waals surface area contributed by atoms with Gasteiger partial charge in [-0.2, -0.15) is 0 Å². The van der Waals surface area contributed by atoms with Crippen LogP contribution in [0, 0.1) is 10.1 Å². The number of anilines is 1. The van der Waals surface area contributed by atoms with Gasteiger partial charge in [-0.25, -0.2) is 0 Å². The summed E-state index contributed by atoms with van der Waals surface area (Å²) in [5, 5.41) is 13.0. The first-order chi connectivity index (χ1) is 16.2. The molecule has 2 aromatic carbocycles. The molecular formula is C24H33N4O4PS. The quantitative estimate of drug-likeness (QED) is 0.230. The van der Waals surface area contributed by atoms with Crippen molar-refractivity contribution in [3.8, 4) is 11.5 Å². The first kappa shape index (κ1) is 24.9. The van der Waals surface area contributed by atoms with Gasteiger partial charge in [0.05, 0.1) is 18.1 Å². The van der Waals surface area contributed by atoms with Crippen LogP contribution in [0.3, 0.4) is 0 Å². The third-order valence-corrected chi connectivity index (χ3v) is 13.1. The zero-order chi connectivity index (χ0) is 24.5. The molecule has 2 aromatic rings. The summed E-state index contributed by atoms with van der Waals surface area (Å²) in [6.45, 7) is 2.45. The van der Waals surface area contributed by atoms with Crippen molar-refractivity contribution >= 4 is 41.6 Å². The molecule has 0 saturated heterocycles. The van der Waals surface area contributed by atoms with Crippen LogP contribution >= 0.6 is 18.6 Å². The topological polar surface area (TPSA) is 117 Å². The summed E-state index contributed by atoms with van der Waals surface area (Å²) in [7, 11) is 2.13. The fraction of sp³-hybridized carbons (Fsp3) is 0.458. The molecule has 2 heterocycles. The number of nitrogens with two attached hydrogens (primary N) is 2.